The number of nitrogens with zero attached hydrogens (tertiary/aromatic N) is 2. The maximum Gasteiger partial charge on any atom is 0.291 e. The lowest BCUT2D eigenvalue weighted by molar-refractivity contribution is 0.0376. The van der Waals surface area contributed by atoms with E-state index in [1.165, 1.54) is 6.26 Å². The summed E-state index contributed by atoms with van der Waals surface area (Å²) in [5.41, 5.74) is 1.79. The van der Waals surface area contributed by atoms with Crippen LogP contribution in [0.5, 0.6) is 0 Å². The summed E-state index contributed by atoms with van der Waals surface area (Å²) in [6.45, 7) is 9.09. The molecule has 2 heterocycles. The average molecular weight is 414 g/mol. The Hall–Kier alpha value is -2.84. The summed E-state index contributed by atoms with van der Waals surface area (Å²) >= 11 is 0. The van der Waals surface area contributed by atoms with E-state index in [2.05, 4.69) is 32.8 Å². The Kier molecular flexibility index (Phi) is 8.74. The molecule has 1 saturated heterocycles. The summed E-state index contributed by atoms with van der Waals surface area (Å²) in [4.78, 5) is 19.1. The second kappa shape index (κ2) is 12.0. The molecule has 1 aliphatic heterocycles. The van der Waals surface area contributed by atoms with Crippen LogP contribution in [0.3, 0.4) is 0 Å². The molecular formula is C22H31N5O3. The number of amides is 1. The van der Waals surface area contributed by atoms with Gasteiger partial charge in [-0.3, -0.25) is 9.69 Å². The van der Waals surface area contributed by atoms with Gasteiger partial charge in [0.2, 0.25) is 0 Å². The van der Waals surface area contributed by atoms with E-state index < -0.39 is 0 Å². The monoisotopic (exact) mass is 413 g/mol. The summed E-state index contributed by atoms with van der Waals surface area (Å²) < 4.78 is 10.5. The van der Waals surface area contributed by atoms with Crippen molar-refractivity contribution in [2.75, 3.05) is 51.3 Å². The van der Waals surface area contributed by atoms with E-state index in [0.29, 0.717) is 12.3 Å². The second-order valence-corrected chi connectivity index (χ2v) is 7.06. The summed E-state index contributed by atoms with van der Waals surface area (Å²) in [5.74, 6) is 0.842. The topological polar surface area (TPSA) is 91.1 Å². The Morgan fingerprint density at radius 2 is 1.93 bits per heavy atom. The van der Waals surface area contributed by atoms with Crippen LogP contribution in [0, 0.1) is 0 Å². The van der Waals surface area contributed by atoms with E-state index >= 15 is 0 Å². The lowest BCUT2D eigenvalue weighted by Crippen LogP contribution is -2.40. The molecule has 1 fully saturated rings. The van der Waals surface area contributed by atoms with Gasteiger partial charge in [-0.2, -0.15) is 0 Å². The van der Waals surface area contributed by atoms with Crippen molar-refractivity contribution in [3.63, 3.8) is 0 Å². The molecule has 1 amide bonds. The number of guanidine groups is 1. The molecule has 1 aliphatic rings. The van der Waals surface area contributed by atoms with Crippen molar-refractivity contribution < 1.29 is 13.9 Å². The summed E-state index contributed by atoms with van der Waals surface area (Å²) in [6.07, 6.45) is 2.54. The van der Waals surface area contributed by atoms with Gasteiger partial charge < -0.3 is 25.1 Å². The predicted octanol–water partition coefficient (Wildman–Crippen LogP) is 2.31. The number of hydrogen-bond donors (Lipinski definition) is 3. The highest BCUT2D eigenvalue weighted by molar-refractivity contribution is 6.02. The maximum atomic E-state index is 12.0. The highest BCUT2D eigenvalue weighted by atomic mass is 16.5. The maximum absolute atomic E-state index is 12.0. The van der Waals surface area contributed by atoms with Crippen LogP contribution in [0.4, 0.5) is 5.69 Å². The largest absolute Gasteiger partial charge is 0.459 e. The fourth-order valence-corrected chi connectivity index (χ4v) is 3.14. The van der Waals surface area contributed by atoms with E-state index in [-0.39, 0.29) is 5.91 Å². The van der Waals surface area contributed by atoms with E-state index in [1.807, 2.05) is 24.3 Å². The molecule has 8 heteroatoms. The van der Waals surface area contributed by atoms with Gasteiger partial charge in [-0.05, 0) is 49.7 Å². The van der Waals surface area contributed by atoms with Gasteiger partial charge in [-0.15, -0.1) is 0 Å². The Morgan fingerprint density at radius 3 is 2.63 bits per heavy atom. The van der Waals surface area contributed by atoms with Crippen LogP contribution in [-0.4, -0.2) is 62.7 Å². The Morgan fingerprint density at radius 1 is 1.13 bits per heavy atom. The molecule has 0 bridgehead atoms. The number of aliphatic imine (C=N–C) groups is 1. The number of nitrogens with one attached hydrogen (secondary N) is 3. The van der Waals surface area contributed by atoms with E-state index in [0.717, 1.165) is 69.6 Å². The molecule has 8 nitrogen and oxygen atoms in total. The second-order valence-electron chi connectivity index (χ2n) is 7.06. The third-order valence-electron chi connectivity index (χ3n) is 4.77. The standard InChI is InChI=1S/C22H31N5O3/c1-2-23-22(24-10-4-11-27-12-15-29-16-13-27)25-17-18-6-8-19(9-7-18)26-21(28)20-5-3-14-30-20/h3,5-9,14H,2,4,10-13,15-17H2,1H3,(H,26,28)(H2,23,24,25). The smallest absolute Gasteiger partial charge is 0.291 e. The number of hydrogen-bond acceptors (Lipinski definition) is 5. The minimum absolute atomic E-state index is 0.263. The molecule has 0 aliphatic carbocycles. The van der Waals surface area contributed by atoms with Crippen LogP contribution >= 0.6 is 0 Å². The molecule has 0 saturated carbocycles. The lowest BCUT2D eigenvalue weighted by atomic mass is 10.2. The minimum atomic E-state index is -0.263. The van der Waals surface area contributed by atoms with Crippen molar-refractivity contribution in [3.05, 3.63) is 54.0 Å². The van der Waals surface area contributed by atoms with Crippen LogP contribution in [0.15, 0.2) is 52.1 Å². The molecule has 2 aromatic rings. The van der Waals surface area contributed by atoms with Gasteiger partial charge in [0.15, 0.2) is 11.7 Å². The Bertz CT molecular complexity index is 784. The first kappa shape index (κ1) is 21.9. The van der Waals surface area contributed by atoms with E-state index in [1.54, 1.807) is 12.1 Å². The first-order chi connectivity index (χ1) is 14.7. The van der Waals surface area contributed by atoms with Gasteiger partial charge >= 0.3 is 0 Å². The normalized spacial score (nSPS) is 15.0. The summed E-state index contributed by atoms with van der Waals surface area (Å²) in [6, 6.07) is 11.0. The number of ether oxygens (including phenoxy) is 1. The predicted molar refractivity (Wildman–Crippen MR) is 118 cm³/mol. The minimum Gasteiger partial charge on any atom is -0.459 e. The number of anilines is 1. The average Bonchev–Trinajstić information content (AvgIpc) is 3.32. The molecule has 30 heavy (non-hydrogen) atoms. The number of rotatable bonds is 9. The van der Waals surface area contributed by atoms with Crippen LogP contribution in [0.1, 0.15) is 29.5 Å². The van der Waals surface area contributed by atoms with Crippen molar-refractivity contribution in [3.8, 4) is 0 Å². The van der Waals surface area contributed by atoms with E-state index in [9.17, 15) is 4.79 Å². The summed E-state index contributed by atoms with van der Waals surface area (Å²) in [7, 11) is 0. The molecule has 3 N–H and O–H groups in total. The zero-order valence-electron chi connectivity index (χ0n) is 17.5. The number of morpholine rings is 1. The van der Waals surface area contributed by atoms with Gasteiger partial charge in [0.1, 0.15) is 0 Å². The molecule has 162 valence electrons. The first-order valence-corrected chi connectivity index (χ1v) is 10.5. The lowest BCUT2D eigenvalue weighted by Gasteiger charge is -2.26. The van der Waals surface area contributed by atoms with Crippen molar-refractivity contribution in [2.45, 2.75) is 19.9 Å². The van der Waals surface area contributed by atoms with Crippen LogP contribution in [0.2, 0.25) is 0 Å². The zero-order chi connectivity index (χ0) is 21.0. The third kappa shape index (κ3) is 7.20. The van der Waals surface area contributed by atoms with Crippen LogP contribution in [0.25, 0.3) is 0 Å². The number of carbonyl (C=O) groups excluding carboxylic acids is 1. The molecule has 0 atom stereocenters. The molecule has 1 aromatic carbocycles. The van der Waals surface area contributed by atoms with Crippen molar-refractivity contribution in [1.82, 2.24) is 15.5 Å². The van der Waals surface area contributed by atoms with Crippen molar-refractivity contribution in [1.29, 1.82) is 0 Å². The number of carbonyl (C=O) groups is 1. The fourth-order valence-electron chi connectivity index (χ4n) is 3.14. The number of furan rings is 1. The van der Waals surface area contributed by atoms with E-state index in [4.69, 9.17) is 9.15 Å². The molecule has 0 radical (unpaired) electrons. The van der Waals surface area contributed by atoms with Crippen LogP contribution in [-0.2, 0) is 11.3 Å². The molecule has 3 rings (SSSR count). The zero-order valence-corrected chi connectivity index (χ0v) is 17.5. The molecule has 0 spiro atoms. The Labute approximate surface area is 177 Å². The number of benzene rings is 1. The molecule has 1 aromatic heterocycles. The van der Waals surface area contributed by atoms with Crippen molar-refractivity contribution in [2.24, 2.45) is 4.99 Å². The first-order valence-electron chi connectivity index (χ1n) is 10.5. The van der Waals surface area contributed by atoms with Gasteiger partial charge in [0.05, 0.1) is 26.0 Å². The fraction of sp³-hybridized carbons (Fsp3) is 0.455. The Balaban J connectivity index is 1.43. The van der Waals surface area contributed by atoms with Gasteiger partial charge in [0.25, 0.3) is 5.91 Å². The third-order valence-corrected chi connectivity index (χ3v) is 4.77. The quantitative estimate of drug-likeness (QED) is 0.332. The van der Waals surface area contributed by atoms with Crippen LogP contribution < -0.4 is 16.0 Å². The summed E-state index contributed by atoms with van der Waals surface area (Å²) in [5, 5.41) is 9.49. The molecular weight excluding hydrogens is 382 g/mol. The molecule has 0 unspecified atom stereocenters. The highest BCUT2D eigenvalue weighted by Crippen LogP contribution is 2.12. The van der Waals surface area contributed by atoms with Crippen molar-refractivity contribution >= 4 is 17.6 Å². The van der Waals surface area contributed by atoms with Gasteiger partial charge in [-0.25, -0.2) is 4.99 Å². The van der Waals surface area contributed by atoms with Gasteiger partial charge in [0, 0.05) is 31.9 Å². The highest BCUT2D eigenvalue weighted by Gasteiger charge is 2.10. The van der Waals surface area contributed by atoms with Gasteiger partial charge in [-0.1, -0.05) is 12.1 Å². The SMILES string of the molecule is CCNC(=NCc1ccc(NC(=O)c2ccco2)cc1)NCCCN1CCOCC1.